The van der Waals surface area contributed by atoms with Crippen LogP contribution in [0.1, 0.15) is 28.4 Å². The molecule has 0 bridgehead atoms. The third kappa shape index (κ3) is 1.36. The zero-order valence-corrected chi connectivity index (χ0v) is 7.51. The van der Waals surface area contributed by atoms with Crippen molar-refractivity contribution in [2.45, 2.75) is 19.5 Å². The Bertz CT molecular complexity index is 394. The smallest absolute Gasteiger partial charge is 0.338 e. The molecule has 1 heterocycles. The minimum atomic E-state index is -2.87. The van der Waals surface area contributed by atoms with Gasteiger partial charge in [-0.25, -0.2) is 13.6 Å². The molecule has 0 unspecified atom stereocenters. The number of fused-ring (bicyclic) bond motifs is 1. The van der Waals surface area contributed by atoms with Crippen molar-refractivity contribution in [3.63, 3.8) is 0 Å². The molecular weight excluding hydrogens is 190 g/mol. The van der Waals surface area contributed by atoms with Gasteiger partial charge >= 0.3 is 5.97 Å². The summed E-state index contributed by atoms with van der Waals surface area (Å²) in [6, 6.07) is 3.96. The number of cyclic esters (lactones) is 1. The third-order valence-electron chi connectivity index (χ3n) is 2.19. The lowest BCUT2D eigenvalue weighted by Gasteiger charge is -2.10. The Labute approximate surface area is 79.5 Å². The van der Waals surface area contributed by atoms with Crippen LogP contribution in [0.4, 0.5) is 8.78 Å². The number of alkyl halides is 2. The van der Waals surface area contributed by atoms with Crippen LogP contribution in [0.5, 0.6) is 0 Å². The van der Waals surface area contributed by atoms with Crippen LogP contribution < -0.4 is 0 Å². The molecule has 0 saturated carbocycles. The first-order valence-corrected chi connectivity index (χ1v) is 4.17. The van der Waals surface area contributed by atoms with Crippen molar-refractivity contribution >= 4 is 5.97 Å². The number of rotatable bonds is 1. The Morgan fingerprint density at radius 3 is 2.79 bits per heavy atom. The van der Waals surface area contributed by atoms with Gasteiger partial charge in [-0.05, 0) is 12.1 Å². The standard InChI is InChI=1S/C10H8F2O2/c1-10(11,12)7-2-3-8-6(4-7)5-14-9(8)13/h2-4H,5H2,1H3. The highest BCUT2D eigenvalue weighted by Gasteiger charge is 2.28. The van der Waals surface area contributed by atoms with Crippen LogP contribution in [-0.2, 0) is 17.3 Å². The van der Waals surface area contributed by atoms with E-state index in [1.807, 2.05) is 0 Å². The lowest BCUT2D eigenvalue weighted by molar-refractivity contribution is 0.0174. The fourth-order valence-electron chi connectivity index (χ4n) is 1.41. The molecule has 0 fully saturated rings. The molecular formula is C10H8F2O2. The van der Waals surface area contributed by atoms with Crippen molar-refractivity contribution in [1.29, 1.82) is 0 Å². The van der Waals surface area contributed by atoms with E-state index < -0.39 is 11.9 Å². The molecule has 0 saturated heterocycles. The van der Waals surface area contributed by atoms with Crippen molar-refractivity contribution in [2.24, 2.45) is 0 Å². The summed E-state index contributed by atoms with van der Waals surface area (Å²) in [6.07, 6.45) is 0. The molecule has 0 spiro atoms. The molecule has 4 heteroatoms. The lowest BCUT2D eigenvalue weighted by Crippen LogP contribution is -2.07. The van der Waals surface area contributed by atoms with Gasteiger partial charge in [-0.1, -0.05) is 6.07 Å². The van der Waals surface area contributed by atoms with Crippen LogP contribution in [-0.4, -0.2) is 5.97 Å². The molecule has 1 aliphatic rings. The van der Waals surface area contributed by atoms with Gasteiger partial charge in [-0.15, -0.1) is 0 Å². The topological polar surface area (TPSA) is 26.3 Å². The Balaban J connectivity index is 2.47. The normalized spacial score (nSPS) is 15.2. The Hall–Kier alpha value is -1.45. The zero-order chi connectivity index (χ0) is 10.3. The van der Waals surface area contributed by atoms with Crippen LogP contribution >= 0.6 is 0 Å². The van der Waals surface area contributed by atoms with Crippen molar-refractivity contribution in [1.82, 2.24) is 0 Å². The van der Waals surface area contributed by atoms with E-state index >= 15 is 0 Å². The second-order valence-electron chi connectivity index (χ2n) is 3.34. The average Bonchev–Trinajstić information content (AvgIpc) is 2.46. The number of halogens is 2. The van der Waals surface area contributed by atoms with E-state index in [4.69, 9.17) is 4.74 Å². The first kappa shape index (κ1) is 9.12. The Morgan fingerprint density at radius 2 is 2.14 bits per heavy atom. The Morgan fingerprint density at radius 1 is 1.43 bits per heavy atom. The summed E-state index contributed by atoms with van der Waals surface area (Å²) in [4.78, 5) is 11.0. The van der Waals surface area contributed by atoms with E-state index in [1.165, 1.54) is 18.2 Å². The molecule has 14 heavy (non-hydrogen) atoms. The second kappa shape index (κ2) is 2.77. The van der Waals surface area contributed by atoms with Crippen LogP contribution in [0.25, 0.3) is 0 Å². The minimum Gasteiger partial charge on any atom is -0.457 e. The summed E-state index contributed by atoms with van der Waals surface area (Å²) < 4.78 is 30.5. The van der Waals surface area contributed by atoms with Crippen molar-refractivity contribution in [3.8, 4) is 0 Å². The summed E-state index contributed by atoms with van der Waals surface area (Å²) in [5.74, 6) is -3.31. The van der Waals surface area contributed by atoms with Gasteiger partial charge in [0.2, 0.25) is 0 Å². The van der Waals surface area contributed by atoms with Crippen molar-refractivity contribution < 1.29 is 18.3 Å². The number of ether oxygens (including phenoxy) is 1. The number of carbonyl (C=O) groups is 1. The molecule has 0 aliphatic carbocycles. The van der Waals surface area contributed by atoms with E-state index in [-0.39, 0.29) is 12.2 Å². The van der Waals surface area contributed by atoms with Gasteiger partial charge in [0.1, 0.15) is 6.61 Å². The van der Waals surface area contributed by atoms with Gasteiger partial charge in [-0.3, -0.25) is 0 Å². The summed E-state index contributed by atoms with van der Waals surface area (Å²) >= 11 is 0. The maximum atomic E-state index is 12.9. The molecule has 1 aliphatic heterocycles. The van der Waals surface area contributed by atoms with Gasteiger partial charge in [0, 0.05) is 18.1 Å². The van der Waals surface area contributed by atoms with Crippen LogP contribution in [0.15, 0.2) is 18.2 Å². The monoisotopic (exact) mass is 198 g/mol. The molecule has 74 valence electrons. The SMILES string of the molecule is CC(F)(F)c1ccc2c(c1)COC2=O. The quantitative estimate of drug-likeness (QED) is 0.648. The molecule has 2 rings (SSSR count). The predicted octanol–water partition coefficient (Wildman–Crippen LogP) is 2.47. The van der Waals surface area contributed by atoms with Gasteiger partial charge in [-0.2, -0.15) is 0 Å². The summed E-state index contributed by atoms with van der Waals surface area (Å²) in [5.41, 5.74) is 0.835. The highest BCUT2D eigenvalue weighted by Crippen LogP contribution is 2.30. The van der Waals surface area contributed by atoms with Crippen LogP contribution in [0.3, 0.4) is 0 Å². The maximum Gasteiger partial charge on any atom is 0.338 e. The maximum absolute atomic E-state index is 12.9. The largest absolute Gasteiger partial charge is 0.457 e. The summed E-state index contributed by atoms with van der Waals surface area (Å²) in [5, 5.41) is 0. The van der Waals surface area contributed by atoms with Gasteiger partial charge in [0.15, 0.2) is 0 Å². The molecule has 0 aromatic heterocycles. The van der Waals surface area contributed by atoms with E-state index in [0.717, 1.165) is 6.92 Å². The van der Waals surface area contributed by atoms with Crippen LogP contribution in [0, 0.1) is 0 Å². The van der Waals surface area contributed by atoms with Crippen LogP contribution in [0.2, 0.25) is 0 Å². The fourth-order valence-corrected chi connectivity index (χ4v) is 1.41. The summed E-state index contributed by atoms with van der Waals surface area (Å²) in [6.45, 7) is 0.921. The number of hydrogen-bond acceptors (Lipinski definition) is 2. The first-order chi connectivity index (χ1) is 6.48. The number of esters is 1. The average molecular weight is 198 g/mol. The molecule has 0 atom stereocenters. The van der Waals surface area contributed by atoms with Gasteiger partial charge < -0.3 is 4.74 Å². The second-order valence-corrected chi connectivity index (χ2v) is 3.34. The number of hydrogen-bond donors (Lipinski definition) is 0. The zero-order valence-electron chi connectivity index (χ0n) is 7.51. The molecule has 2 nitrogen and oxygen atoms in total. The molecule has 1 aromatic rings. The van der Waals surface area contributed by atoms with E-state index in [2.05, 4.69) is 0 Å². The van der Waals surface area contributed by atoms with E-state index in [1.54, 1.807) is 0 Å². The molecule has 0 amide bonds. The van der Waals surface area contributed by atoms with Crippen molar-refractivity contribution in [2.75, 3.05) is 0 Å². The lowest BCUT2D eigenvalue weighted by atomic mass is 10.0. The predicted molar refractivity (Wildman–Crippen MR) is 45.1 cm³/mol. The number of carbonyl (C=O) groups excluding carboxylic acids is 1. The fraction of sp³-hybridized carbons (Fsp3) is 0.300. The van der Waals surface area contributed by atoms with E-state index in [0.29, 0.717) is 11.1 Å². The Kier molecular flexibility index (Phi) is 1.80. The minimum absolute atomic E-state index is 0.0884. The summed E-state index contributed by atoms with van der Waals surface area (Å²) in [7, 11) is 0. The van der Waals surface area contributed by atoms with Gasteiger partial charge in [0.25, 0.3) is 5.92 Å². The van der Waals surface area contributed by atoms with Gasteiger partial charge in [0.05, 0.1) is 5.56 Å². The third-order valence-corrected chi connectivity index (χ3v) is 2.19. The highest BCUT2D eigenvalue weighted by molar-refractivity contribution is 5.93. The first-order valence-electron chi connectivity index (χ1n) is 4.17. The number of benzene rings is 1. The van der Waals surface area contributed by atoms with E-state index in [9.17, 15) is 13.6 Å². The van der Waals surface area contributed by atoms with Crippen molar-refractivity contribution in [3.05, 3.63) is 34.9 Å². The molecule has 0 radical (unpaired) electrons. The molecule has 0 N–H and O–H groups in total. The highest BCUT2D eigenvalue weighted by atomic mass is 19.3. The molecule has 1 aromatic carbocycles.